The average Bonchev–Trinajstić information content (AvgIpc) is 2.53. The summed E-state index contributed by atoms with van der Waals surface area (Å²) in [7, 11) is 0. The second kappa shape index (κ2) is 4.12. The van der Waals surface area contributed by atoms with Gasteiger partial charge in [0.15, 0.2) is 0 Å². The number of rotatable bonds is 3. The van der Waals surface area contributed by atoms with E-state index in [0.29, 0.717) is 6.04 Å². The van der Waals surface area contributed by atoms with Gasteiger partial charge >= 0.3 is 0 Å². The minimum atomic E-state index is 0.279. The molecule has 0 aliphatic carbocycles. The van der Waals surface area contributed by atoms with Gasteiger partial charge in [-0.3, -0.25) is 0 Å². The van der Waals surface area contributed by atoms with Crippen LogP contribution < -0.4 is 4.90 Å². The van der Waals surface area contributed by atoms with Crippen molar-refractivity contribution in [2.75, 3.05) is 4.90 Å². The lowest BCUT2D eigenvalue weighted by Crippen LogP contribution is -2.47. The fourth-order valence-corrected chi connectivity index (χ4v) is 3.22. The molecule has 0 radical (unpaired) electrons. The number of anilines is 1. The van der Waals surface area contributed by atoms with Crippen LogP contribution in [0.5, 0.6) is 0 Å². The van der Waals surface area contributed by atoms with Crippen molar-refractivity contribution in [1.29, 1.82) is 0 Å². The van der Waals surface area contributed by atoms with Crippen LogP contribution in [0.4, 0.5) is 5.69 Å². The van der Waals surface area contributed by atoms with E-state index in [9.17, 15) is 0 Å². The number of nitrogens with zero attached hydrogens (tertiary/aromatic N) is 1. The highest BCUT2D eigenvalue weighted by atomic mass is 15.2. The van der Waals surface area contributed by atoms with Gasteiger partial charge in [-0.1, -0.05) is 31.5 Å². The maximum atomic E-state index is 2.62. The molecule has 0 spiro atoms. The van der Waals surface area contributed by atoms with Crippen LogP contribution >= 0.6 is 0 Å². The molecule has 1 nitrogen and oxygen atoms in total. The molecule has 1 aliphatic heterocycles. The molecule has 1 aromatic carbocycles. The van der Waals surface area contributed by atoms with Crippen molar-refractivity contribution in [2.45, 2.75) is 58.5 Å². The molecule has 0 aromatic heterocycles. The normalized spacial score (nSPS) is 20.0. The minimum absolute atomic E-state index is 0.279. The third-order valence-corrected chi connectivity index (χ3v) is 3.72. The van der Waals surface area contributed by atoms with Gasteiger partial charge in [0, 0.05) is 17.3 Å². The first-order valence-electron chi connectivity index (χ1n) is 6.43. The summed E-state index contributed by atoms with van der Waals surface area (Å²) in [6.07, 6.45) is 3.70. The van der Waals surface area contributed by atoms with Crippen molar-refractivity contribution in [3.05, 3.63) is 29.8 Å². The Bertz CT molecular complexity index is 367. The molecule has 1 atom stereocenters. The third kappa shape index (κ3) is 1.83. The standard InChI is InChI=1S/C15H23N/c1-5-10-15(3,4)16-12(2)11-13-8-6-7-9-14(13)16/h6-9,12H,5,10-11H2,1-4H3. The first kappa shape index (κ1) is 11.5. The van der Waals surface area contributed by atoms with Gasteiger partial charge in [-0.05, 0) is 45.2 Å². The first-order valence-corrected chi connectivity index (χ1v) is 6.43. The predicted octanol–water partition coefficient (Wildman–Crippen LogP) is 4.02. The molecule has 1 unspecified atom stereocenters. The van der Waals surface area contributed by atoms with Crippen LogP contribution in [0.2, 0.25) is 0 Å². The van der Waals surface area contributed by atoms with Gasteiger partial charge in [0.1, 0.15) is 0 Å². The third-order valence-electron chi connectivity index (χ3n) is 3.72. The van der Waals surface area contributed by atoms with Crippen molar-refractivity contribution in [3.63, 3.8) is 0 Å². The van der Waals surface area contributed by atoms with Gasteiger partial charge < -0.3 is 4.90 Å². The second-order valence-electron chi connectivity index (χ2n) is 5.61. The highest BCUT2D eigenvalue weighted by Gasteiger charge is 2.35. The summed E-state index contributed by atoms with van der Waals surface area (Å²) in [6.45, 7) is 9.36. The molecule has 1 aromatic rings. The summed E-state index contributed by atoms with van der Waals surface area (Å²) in [5.41, 5.74) is 3.24. The summed E-state index contributed by atoms with van der Waals surface area (Å²) in [4.78, 5) is 2.62. The molecule has 88 valence electrons. The van der Waals surface area contributed by atoms with E-state index in [1.807, 2.05) is 0 Å². The highest BCUT2D eigenvalue weighted by Crippen LogP contribution is 2.38. The van der Waals surface area contributed by atoms with Gasteiger partial charge in [0.2, 0.25) is 0 Å². The van der Waals surface area contributed by atoms with Crippen LogP contribution in [0.1, 0.15) is 46.1 Å². The zero-order valence-electron chi connectivity index (χ0n) is 11.0. The molecule has 0 saturated carbocycles. The molecule has 0 bridgehead atoms. The average molecular weight is 217 g/mol. The van der Waals surface area contributed by atoms with Crippen LogP contribution in [0, 0.1) is 0 Å². The van der Waals surface area contributed by atoms with Crippen molar-refractivity contribution in [3.8, 4) is 0 Å². The van der Waals surface area contributed by atoms with E-state index in [1.165, 1.54) is 30.5 Å². The predicted molar refractivity (Wildman–Crippen MR) is 71.1 cm³/mol. The van der Waals surface area contributed by atoms with E-state index < -0.39 is 0 Å². The molecule has 1 heteroatoms. The molecule has 1 heterocycles. The van der Waals surface area contributed by atoms with E-state index in [0.717, 1.165) is 0 Å². The number of hydrogen-bond donors (Lipinski definition) is 0. The van der Waals surface area contributed by atoms with E-state index >= 15 is 0 Å². The number of fused-ring (bicyclic) bond motifs is 1. The molecule has 2 rings (SSSR count). The van der Waals surface area contributed by atoms with Crippen LogP contribution in [0.15, 0.2) is 24.3 Å². The zero-order valence-corrected chi connectivity index (χ0v) is 11.0. The zero-order chi connectivity index (χ0) is 11.8. The Kier molecular flexibility index (Phi) is 2.96. The molecule has 0 saturated heterocycles. The molecule has 0 fully saturated rings. The van der Waals surface area contributed by atoms with Crippen molar-refractivity contribution in [1.82, 2.24) is 0 Å². The van der Waals surface area contributed by atoms with Crippen molar-refractivity contribution in [2.24, 2.45) is 0 Å². The Balaban J connectivity index is 2.35. The van der Waals surface area contributed by atoms with E-state index in [4.69, 9.17) is 0 Å². The summed E-state index contributed by atoms with van der Waals surface area (Å²) >= 11 is 0. The van der Waals surface area contributed by atoms with E-state index in [2.05, 4.69) is 56.9 Å². The lowest BCUT2D eigenvalue weighted by atomic mass is 9.95. The largest absolute Gasteiger partial charge is 0.363 e. The molecular formula is C15H23N. The van der Waals surface area contributed by atoms with Gasteiger partial charge in [-0.15, -0.1) is 0 Å². The molecule has 16 heavy (non-hydrogen) atoms. The fraction of sp³-hybridized carbons (Fsp3) is 0.600. The topological polar surface area (TPSA) is 3.24 Å². The fourth-order valence-electron chi connectivity index (χ4n) is 3.22. The maximum Gasteiger partial charge on any atom is 0.0406 e. The lowest BCUT2D eigenvalue weighted by molar-refractivity contribution is 0.399. The smallest absolute Gasteiger partial charge is 0.0406 e. The van der Waals surface area contributed by atoms with Crippen LogP contribution in [0.3, 0.4) is 0 Å². The van der Waals surface area contributed by atoms with E-state index in [-0.39, 0.29) is 5.54 Å². The summed E-state index contributed by atoms with van der Waals surface area (Å²) in [6, 6.07) is 9.50. The number of para-hydroxylation sites is 1. The minimum Gasteiger partial charge on any atom is -0.363 e. The Morgan fingerprint density at radius 2 is 2.00 bits per heavy atom. The van der Waals surface area contributed by atoms with Crippen molar-refractivity contribution < 1.29 is 0 Å². The molecule has 0 N–H and O–H groups in total. The van der Waals surface area contributed by atoms with Gasteiger partial charge in [0.05, 0.1) is 0 Å². The number of benzene rings is 1. The van der Waals surface area contributed by atoms with Crippen LogP contribution in [-0.2, 0) is 6.42 Å². The number of hydrogen-bond acceptors (Lipinski definition) is 1. The van der Waals surface area contributed by atoms with Crippen molar-refractivity contribution >= 4 is 5.69 Å². The summed E-state index contributed by atoms with van der Waals surface area (Å²) in [5, 5.41) is 0. The maximum absolute atomic E-state index is 2.62. The van der Waals surface area contributed by atoms with E-state index in [1.54, 1.807) is 0 Å². The second-order valence-corrected chi connectivity index (χ2v) is 5.61. The van der Waals surface area contributed by atoms with Gasteiger partial charge in [0.25, 0.3) is 0 Å². The Hall–Kier alpha value is -0.980. The molecule has 1 aliphatic rings. The Morgan fingerprint density at radius 3 is 2.69 bits per heavy atom. The van der Waals surface area contributed by atoms with Crippen LogP contribution in [-0.4, -0.2) is 11.6 Å². The highest BCUT2D eigenvalue weighted by molar-refractivity contribution is 5.61. The first-order chi connectivity index (χ1) is 7.56. The molecular weight excluding hydrogens is 194 g/mol. The van der Waals surface area contributed by atoms with Gasteiger partial charge in [-0.25, -0.2) is 0 Å². The SMILES string of the molecule is CCCC(C)(C)N1c2ccccc2CC1C. The van der Waals surface area contributed by atoms with Crippen LogP contribution in [0.25, 0.3) is 0 Å². The summed E-state index contributed by atoms with van der Waals surface area (Å²) in [5.74, 6) is 0. The Labute approximate surface area is 99.5 Å². The Morgan fingerprint density at radius 1 is 1.31 bits per heavy atom. The molecule has 0 amide bonds. The quantitative estimate of drug-likeness (QED) is 0.739. The monoisotopic (exact) mass is 217 g/mol. The summed E-state index contributed by atoms with van der Waals surface area (Å²) < 4.78 is 0. The lowest BCUT2D eigenvalue weighted by Gasteiger charge is -2.41. The van der Waals surface area contributed by atoms with Gasteiger partial charge in [-0.2, -0.15) is 0 Å².